The van der Waals surface area contributed by atoms with Crippen LogP contribution in [0.4, 0.5) is 8.78 Å². The van der Waals surface area contributed by atoms with Crippen LogP contribution < -0.4 is 4.72 Å². The number of benzene rings is 1. The Hall–Kier alpha value is -2.82. The van der Waals surface area contributed by atoms with Gasteiger partial charge in [-0.1, -0.05) is 0 Å². The molecule has 3 rings (SSSR count). The Balaban J connectivity index is 1.82. The van der Waals surface area contributed by atoms with E-state index < -0.39 is 43.9 Å². The van der Waals surface area contributed by atoms with Crippen LogP contribution in [0, 0.1) is 18.6 Å². The molecule has 1 aliphatic heterocycles. The van der Waals surface area contributed by atoms with Crippen LogP contribution in [-0.2, 0) is 21.9 Å². The smallest absolute Gasteiger partial charge is 0.275 e. The molecule has 1 aliphatic rings. The summed E-state index contributed by atoms with van der Waals surface area (Å²) in [5, 5.41) is 4.07. The van der Waals surface area contributed by atoms with Crippen molar-refractivity contribution in [2.75, 3.05) is 6.54 Å². The molecule has 1 atom stereocenters. The van der Waals surface area contributed by atoms with Crippen molar-refractivity contribution < 1.29 is 26.8 Å². The number of nitrogens with one attached hydrogen (secondary N) is 1. The zero-order chi connectivity index (χ0) is 20.9. The quantitative estimate of drug-likeness (QED) is 0.811. The number of sulfonamides is 1. The lowest BCUT2D eigenvalue weighted by Gasteiger charge is -2.48. The van der Waals surface area contributed by atoms with Gasteiger partial charge in [0.1, 0.15) is 22.1 Å². The molecule has 2 aromatic rings. The number of aryl methyl sites for hydroxylation is 2. The lowest BCUT2D eigenvalue weighted by Crippen LogP contribution is -2.67. The molecule has 0 radical (unpaired) electrons. The first-order chi connectivity index (χ1) is 13.0. The average Bonchev–Trinajstić information content (AvgIpc) is 2.91. The SMILES string of the molecule is Cc1cc(C(=O)N2CCC2(C)C(=O)NS(=O)(=O)c2ccc(F)cc2F)nn1C. The number of amides is 2. The van der Waals surface area contributed by atoms with E-state index >= 15 is 0 Å². The van der Waals surface area contributed by atoms with Gasteiger partial charge in [0.25, 0.3) is 21.8 Å². The van der Waals surface area contributed by atoms with Gasteiger partial charge in [-0.25, -0.2) is 21.9 Å². The largest absolute Gasteiger partial charge is 0.323 e. The monoisotopic (exact) mass is 412 g/mol. The molecule has 1 saturated heterocycles. The second-order valence-corrected chi connectivity index (χ2v) is 8.44. The Bertz CT molecular complexity index is 1060. The highest BCUT2D eigenvalue weighted by atomic mass is 32.2. The minimum Gasteiger partial charge on any atom is -0.323 e. The van der Waals surface area contributed by atoms with Crippen molar-refractivity contribution >= 4 is 21.8 Å². The first kappa shape index (κ1) is 19.9. The summed E-state index contributed by atoms with van der Waals surface area (Å²) in [6.07, 6.45) is 0.220. The lowest BCUT2D eigenvalue weighted by molar-refractivity contribution is -0.135. The van der Waals surface area contributed by atoms with E-state index in [4.69, 9.17) is 0 Å². The molecular weight excluding hydrogens is 394 g/mol. The van der Waals surface area contributed by atoms with E-state index in [0.717, 1.165) is 17.8 Å². The molecule has 1 aromatic heterocycles. The maximum absolute atomic E-state index is 13.8. The van der Waals surface area contributed by atoms with Gasteiger partial charge in [0.05, 0.1) is 0 Å². The molecule has 11 heteroatoms. The van der Waals surface area contributed by atoms with Crippen molar-refractivity contribution in [3.63, 3.8) is 0 Å². The molecule has 0 spiro atoms. The standard InChI is InChI=1S/C17H18F2N4O4S/c1-10-8-13(20-22(10)3)15(24)23-7-6-17(23,2)16(25)21-28(26,27)14-5-4-11(18)9-12(14)19/h4-5,8-9H,6-7H2,1-3H3,(H,21,25). The number of carbonyl (C=O) groups excluding carboxylic acids is 2. The Kier molecular flexibility index (Phi) is 4.74. The highest BCUT2D eigenvalue weighted by molar-refractivity contribution is 7.90. The van der Waals surface area contributed by atoms with Crippen LogP contribution in [0.3, 0.4) is 0 Å². The number of likely N-dealkylation sites (tertiary alicyclic amines) is 1. The second kappa shape index (κ2) is 6.66. The van der Waals surface area contributed by atoms with Gasteiger partial charge in [0, 0.05) is 25.4 Å². The van der Waals surface area contributed by atoms with Crippen molar-refractivity contribution in [2.45, 2.75) is 30.7 Å². The van der Waals surface area contributed by atoms with Crippen molar-refractivity contribution in [3.05, 3.63) is 47.3 Å². The number of nitrogens with zero attached hydrogens (tertiary/aromatic N) is 3. The number of hydrogen-bond donors (Lipinski definition) is 1. The Labute approximate surface area is 160 Å². The number of halogens is 2. The van der Waals surface area contributed by atoms with E-state index in [1.165, 1.54) is 16.5 Å². The van der Waals surface area contributed by atoms with E-state index in [1.807, 2.05) is 0 Å². The normalized spacial score (nSPS) is 19.2. The molecule has 0 aliphatic carbocycles. The first-order valence-electron chi connectivity index (χ1n) is 8.30. The van der Waals surface area contributed by atoms with Gasteiger partial charge in [-0.05, 0) is 38.5 Å². The molecule has 150 valence electrons. The average molecular weight is 412 g/mol. The Morgan fingerprint density at radius 2 is 1.93 bits per heavy atom. The van der Waals surface area contributed by atoms with Crippen molar-refractivity contribution in [1.82, 2.24) is 19.4 Å². The lowest BCUT2D eigenvalue weighted by atomic mass is 9.85. The van der Waals surface area contributed by atoms with Crippen molar-refractivity contribution in [1.29, 1.82) is 0 Å². The number of carbonyl (C=O) groups is 2. The second-order valence-electron chi connectivity index (χ2n) is 6.78. The Morgan fingerprint density at radius 3 is 2.43 bits per heavy atom. The summed E-state index contributed by atoms with van der Waals surface area (Å²) >= 11 is 0. The molecule has 0 saturated carbocycles. The van der Waals surface area contributed by atoms with E-state index in [-0.39, 0.29) is 18.7 Å². The Morgan fingerprint density at radius 1 is 1.25 bits per heavy atom. The van der Waals surface area contributed by atoms with Crippen LogP contribution in [0.5, 0.6) is 0 Å². The fourth-order valence-electron chi connectivity index (χ4n) is 2.90. The van der Waals surface area contributed by atoms with Crippen molar-refractivity contribution in [2.24, 2.45) is 7.05 Å². The van der Waals surface area contributed by atoms with Crippen LogP contribution in [-0.4, -0.2) is 47.0 Å². The van der Waals surface area contributed by atoms with Gasteiger partial charge in [-0.2, -0.15) is 5.10 Å². The van der Waals surface area contributed by atoms with E-state index in [0.29, 0.717) is 6.07 Å². The van der Waals surface area contributed by atoms with Gasteiger partial charge in [-0.3, -0.25) is 14.3 Å². The van der Waals surface area contributed by atoms with Crippen LogP contribution in [0.1, 0.15) is 29.5 Å². The summed E-state index contributed by atoms with van der Waals surface area (Å²) < 4.78 is 54.8. The molecular formula is C17H18F2N4O4S. The zero-order valence-electron chi connectivity index (χ0n) is 15.4. The maximum atomic E-state index is 13.8. The number of aromatic nitrogens is 2. The number of hydrogen-bond acceptors (Lipinski definition) is 5. The van der Waals surface area contributed by atoms with Crippen LogP contribution in [0.2, 0.25) is 0 Å². The van der Waals surface area contributed by atoms with Gasteiger partial charge in [0.15, 0.2) is 5.69 Å². The van der Waals surface area contributed by atoms with Gasteiger partial charge in [0.2, 0.25) is 0 Å². The predicted molar refractivity (Wildman–Crippen MR) is 93.7 cm³/mol. The van der Waals surface area contributed by atoms with Crippen LogP contribution >= 0.6 is 0 Å². The minimum atomic E-state index is -4.58. The predicted octanol–water partition coefficient (Wildman–Crippen LogP) is 1.12. The first-order valence-corrected chi connectivity index (χ1v) is 9.79. The third-order valence-corrected chi connectivity index (χ3v) is 6.26. The van der Waals surface area contributed by atoms with Crippen LogP contribution in [0.25, 0.3) is 0 Å². The topological polar surface area (TPSA) is 101 Å². The summed E-state index contributed by atoms with van der Waals surface area (Å²) in [6.45, 7) is 3.41. The zero-order valence-corrected chi connectivity index (χ0v) is 16.2. The molecule has 8 nitrogen and oxygen atoms in total. The highest BCUT2D eigenvalue weighted by Gasteiger charge is 2.51. The number of rotatable bonds is 4. The van der Waals surface area contributed by atoms with Gasteiger partial charge in [-0.15, -0.1) is 0 Å². The fraction of sp³-hybridized carbons (Fsp3) is 0.353. The summed E-state index contributed by atoms with van der Waals surface area (Å²) in [7, 11) is -2.92. The third kappa shape index (κ3) is 3.26. The van der Waals surface area contributed by atoms with Gasteiger partial charge < -0.3 is 4.90 Å². The molecule has 1 unspecified atom stereocenters. The molecule has 28 heavy (non-hydrogen) atoms. The summed E-state index contributed by atoms with van der Waals surface area (Å²) in [6, 6.07) is 3.46. The van der Waals surface area contributed by atoms with Crippen molar-refractivity contribution in [3.8, 4) is 0 Å². The molecule has 1 aromatic carbocycles. The summed E-state index contributed by atoms with van der Waals surface area (Å²) in [5.74, 6) is -3.77. The third-order valence-electron chi connectivity index (χ3n) is 4.90. The molecule has 1 fully saturated rings. The van der Waals surface area contributed by atoms with E-state index in [9.17, 15) is 26.8 Å². The van der Waals surface area contributed by atoms with Crippen LogP contribution in [0.15, 0.2) is 29.2 Å². The molecule has 1 N–H and O–H groups in total. The summed E-state index contributed by atoms with van der Waals surface area (Å²) in [4.78, 5) is 25.6. The maximum Gasteiger partial charge on any atom is 0.275 e. The van der Waals surface area contributed by atoms with Gasteiger partial charge >= 0.3 is 0 Å². The molecule has 2 amide bonds. The highest BCUT2D eigenvalue weighted by Crippen LogP contribution is 2.32. The fourth-order valence-corrected chi connectivity index (χ4v) is 4.04. The minimum absolute atomic E-state index is 0.131. The van der Waals surface area contributed by atoms with E-state index in [1.54, 1.807) is 24.8 Å². The summed E-state index contributed by atoms with van der Waals surface area (Å²) in [5.41, 5.74) is -0.568. The molecule has 2 heterocycles. The molecule has 0 bridgehead atoms. The van der Waals surface area contributed by atoms with E-state index in [2.05, 4.69) is 5.10 Å².